The highest BCUT2D eigenvalue weighted by Crippen LogP contribution is 2.63. The lowest BCUT2D eigenvalue weighted by atomic mass is 9.41. The minimum absolute atomic E-state index is 0.00515. The molecule has 8 nitrogen and oxygen atoms in total. The van der Waals surface area contributed by atoms with Crippen molar-refractivity contribution in [1.29, 1.82) is 0 Å². The van der Waals surface area contributed by atoms with E-state index in [0.29, 0.717) is 12.8 Å². The Morgan fingerprint density at radius 2 is 1.90 bits per heavy atom. The van der Waals surface area contributed by atoms with Crippen molar-refractivity contribution in [2.75, 3.05) is 0 Å². The van der Waals surface area contributed by atoms with Crippen molar-refractivity contribution in [3.63, 3.8) is 0 Å². The molecule has 0 saturated heterocycles. The molecule has 2 aliphatic rings. The first-order valence-electron chi connectivity index (χ1n) is 10.1. The van der Waals surface area contributed by atoms with Gasteiger partial charge in [0.05, 0.1) is 12.2 Å². The van der Waals surface area contributed by atoms with E-state index in [9.17, 15) is 24.9 Å². The third-order valence-electron chi connectivity index (χ3n) is 7.56. The molecule has 1 amide bonds. The maximum Gasteiger partial charge on any atom is 0.431 e. The molecule has 0 heterocycles. The van der Waals surface area contributed by atoms with E-state index in [1.165, 1.54) is 12.4 Å². The molecule has 166 valence electrons. The molecule has 0 radical (unpaired) electrons. The Kier molecular flexibility index (Phi) is 6.55. The Balaban J connectivity index is 2.67. The fourth-order valence-electron chi connectivity index (χ4n) is 5.91. The molecule has 8 atom stereocenters. The summed E-state index contributed by atoms with van der Waals surface area (Å²) in [4.78, 5) is 25.1. The largest absolute Gasteiger partial charge is 0.442 e. The monoisotopic (exact) mass is 413 g/mol. The summed E-state index contributed by atoms with van der Waals surface area (Å²) in [7, 11) is 0. The zero-order valence-corrected chi connectivity index (χ0v) is 17.9. The van der Waals surface area contributed by atoms with E-state index in [-0.39, 0.29) is 12.3 Å². The average molecular weight is 414 g/mol. The van der Waals surface area contributed by atoms with Gasteiger partial charge in [0.25, 0.3) is 0 Å². The summed E-state index contributed by atoms with van der Waals surface area (Å²) in [5.74, 6) is -2.46. The molecule has 0 spiro atoms. The van der Waals surface area contributed by atoms with Gasteiger partial charge in [0, 0.05) is 23.7 Å². The van der Waals surface area contributed by atoms with Gasteiger partial charge < -0.3 is 20.1 Å². The van der Waals surface area contributed by atoms with Gasteiger partial charge in [0.2, 0.25) is 0 Å². The van der Waals surface area contributed by atoms with Crippen molar-refractivity contribution in [3.05, 3.63) is 12.7 Å². The number of rotatable bonds is 5. The number of fused-ring (bicyclic) bond motifs is 1. The minimum atomic E-state index is -2.06. The van der Waals surface area contributed by atoms with Crippen LogP contribution in [-0.2, 0) is 9.53 Å². The van der Waals surface area contributed by atoms with Gasteiger partial charge in [-0.3, -0.25) is 10.0 Å². The summed E-state index contributed by atoms with van der Waals surface area (Å²) in [6.07, 6.45) is -2.18. The van der Waals surface area contributed by atoms with Gasteiger partial charge in [-0.25, -0.2) is 10.3 Å². The fourth-order valence-corrected chi connectivity index (χ4v) is 5.91. The van der Waals surface area contributed by atoms with Crippen LogP contribution < -0.4 is 5.48 Å². The number of hydrogen-bond donors (Lipinski definition) is 5. The number of hydroxylamine groups is 1. The minimum Gasteiger partial charge on any atom is -0.442 e. The summed E-state index contributed by atoms with van der Waals surface area (Å²) in [5.41, 5.74) is -2.62. The lowest BCUT2D eigenvalue weighted by Gasteiger charge is -2.66. The van der Waals surface area contributed by atoms with Gasteiger partial charge in [-0.15, -0.1) is 6.58 Å². The smallest absolute Gasteiger partial charge is 0.431 e. The standard InChI is InChI=1S/C21H35NO7/c1-7-11(2)10-14(24)21(27)12(3)16(29-18(26)22-28)15(25)17-19(4,5)9-8-13(23)20(17,21)6/h7,11-13,15-17,23,25,27-28H,1,8-10H2,2-6H3,(H,22,26)/t11-,12+,13-,15+,16+,17+,20+,21-/m1/s1. The molecular weight excluding hydrogens is 378 g/mol. The summed E-state index contributed by atoms with van der Waals surface area (Å²) in [6, 6.07) is 0. The molecule has 0 bridgehead atoms. The van der Waals surface area contributed by atoms with Crippen molar-refractivity contribution in [2.24, 2.45) is 28.6 Å². The van der Waals surface area contributed by atoms with Crippen LogP contribution in [-0.4, -0.2) is 56.3 Å². The first-order valence-corrected chi connectivity index (χ1v) is 10.1. The van der Waals surface area contributed by atoms with E-state index in [2.05, 4.69) is 6.58 Å². The van der Waals surface area contributed by atoms with Gasteiger partial charge in [-0.2, -0.15) is 0 Å². The normalized spacial score (nSPS) is 42.3. The Morgan fingerprint density at radius 3 is 2.41 bits per heavy atom. The summed E-state index contributed by atoms with van der Waals surface area (Å²) < 4.78 is 5.20. The number of ketones is 1. The molecule has 2 fully saturated rings. The van der Waals surface area contributed by atoms with Crippen molar-refractivity contribution < 1.29 is 34.9 Å². The van der Waals surface area contributed by atoms with E-state index in [1.807, 2.05) is 13.8 Å². The number of carbonyl (C=O) groups is 2. The number of carbonyl (C=O) groups excluding carboxylic acids is 2. The first-order chi connectivity index (χ1) is 13.3. The second-order valence-corrected chi connectivity index (χ2v) is 9.67. The maximum atomic E-state index is 13.4. The van der Waals surface area contributed by atoms with Crippen LogP contribution in [0.4, 0.5) is 4.79 Å². The third kappa shape index (κ3) is 3.50. The number of allylic oxidation sites excluding steroid dienone is 1. The highest BCUT2D eigenvalue weighted by atomic mass is 16.6. The van der Waals surface area contributed by atoms with Crippen LogP contribution in [0.3, 0.4) is 0 Å². The van der Waals surface area contributed by atoms with Crippen molar-refractivity contribution >= 4 is 11.9 Å². The van der Waals surface area contributed by atoms with Crippen LogP contribution in [0.1, 0.15) is 53.9 Å². The Labute approximate surface area is 171 Å². The average Bonchev–Trinajstić information content (AvgIpc) is 2.66. The fraction of sp³-hybridized carbons (Fsp3) is 0.810. The second-order valence-electron chi connectivity index (χ2n) is 9.67. The van der Waals surface area contributed by atoms with Gasteiger partial charge in [0.1, 0.15) is 11.7 Å². The van der Waals surface area contributed by atoms with Crippen LogP contribution in [0, 0.1) is 28.6 Å². The topological polar surface area (TPSA) is 136 Å². The molecule has 0 aromatic rings. The zero-order chi connectivity index (χ0) is 22.4. The highest BCUT2D eigenvalue weighted by Gasteiger charge is 2.73. The Bertz CT molecular complexity index is 665. The molecule has 5 N–H and O–H groups in total. The SMILES string of the molecule is C=C[C@@H](C)CC(=O)[C@]1(O)[C@@H](C)[C@H](OC(=O)NO)[C@H](O)[C@H]2C(C)(C)CC[C@@H](O)[C@@]21C. The van der Waals surface area contributed by atoms with Crippen molar-refractivity contribution in [2.45, 2.75) is 77.8 Å². The van der Waals surface area contributed by atoms with E-state index in [0.717, 1.165) is 0 Å². The number of aliphatic hydroxyl groups is 3. The van der Waals surface area contributed by atoms with Gasteiger partial charge >= 0.3 is 6.09 Å². The number of Topliss-reactive ketones (excluding diaryl/α,β-unsaturated/α-hetero) is 1. The van der Waals surface area contributed by atoms with E-state index in [4.69, 9.17) is 9.94 Å². The van der Waals surface area contributed by atoms with Crippen LogP contribution >= 0.6 is 0 Å². The molecular formula is C21H35NO7. The van der Waals surface area contributed by atoms with E-state index < -0.39 is 58.5 Å². The Morgan fingerprint density at radius 1 is 1.31 bits per heavy atom. The number of nitrogens with one attached hydrogen (secondary N) is 1. The highest BCUT2D eigenvalue weighted by molar-refractivity contribution is 5.89. The summed E-state index contributed by atoms with van der Waals surface area (Å²) in [6.45, 7) is 12.5. The molecule has 2 rings (SSSR count). The maximum absolute atomic E-state index is 13.4. The van der Waals surface area contributed by atoms with Gasteiger partial charge in [0.15, 0.2) is 5.78 Å². The lowest BCUT2D eigenvalue weighted by molar-refractivity contribution is -0.291. The molecule has 0 aromatic carbocycles. The van der Waals surface area contributed by atoms with Gasteiger partial charge in [-0.1, -0.05) is 40.7 Å². The first kappa shape index (κ1) is 23.8. The predicted octanol–water partition coefficient (Wildman–Crippen LogP) is 1.80. The van der Waals surface area contributed by atoms with E-state index >= 15 is 0 Å². The van der Waals surface area contributed by atoms with Crippen molar-refractivity contribution in [1.82, 2.24) is 5.48 Å². The molecule has 0 unspecified atom stereocenters. The quantitative estimate of drug-likeness (QED) is 0.263. The van der Waals surface area contributed by atoms with Crippen LogP contribution in [0.5, 0.6) is 0 Å². The van der Waals surface area contributed by atoms with E-state index in [1.54, 1.807) is 19.9 Å². The molecule has 29 heavy (non-hydrogen) atoms. The third-order valence-corrected chi connectivity index (χ3v) is 7.56. The second kappa shape index (κ2) is 7.98. The zero-order valence-electron chi connectivity index (χ0n) is 17.9. The summed E-state index contributed by atoms with van der Waals surface area (Å²) >= 11 is 0. The number of hydrogen-bond acceptors (Lipinski definition) is 7. The number of amides is 1. The lowest BCUT2D eigenvalue weighted by Crippen LogP contribution is -2.77. The molecule has 0 aromatic heterocycles. The Hall–Kier alpha value is -1.48. The summed E-state index contributed by atoms with van der Waals surface area (Å²) in [5, 5.41) is 43.0. The number of ether oxygens (including phenoxy) is 1. The van der Waals surface area contributed by atoms with Crippen LogP contribution in [0.2, 0.25) is 0 Å². The number of aliphatic hydroxyl groups excluding tert-OH is 2. The van der Waals surface area contributed by atoms with Crippen LogP contribution in [0.15, 0.2) is 12.7 Å². The molecule has 8 heteroatoms. The van der Waals surface area contributed by atoms with Crippen LogP contribution in [0.25, 0.3) is 0 Å². The van der Waals surface area contributed by atoms with Crippen molar-refractivity contribution in [3.8, 4) is 0 Å². The molecule has 2 aliphatic carbocycles. The predicted molar refractivity (Wildman–Crippen MR) is 105 cm³/mol. The molecule has 0 aliphatic heterocycles. The van der Waals surface area contributed by atoms with Gasteiger partial charge in [-0.05, 0) is 24.2 Å². The molecule has 2 saturated carbocycles.